The van der Waals surface area contributed by atoms with Crippen molar-refractivity contribution in [3.8, 4) is 0 Å². The zero-order valence-corrected chi connectivity index (χ0v) is 13.7. The zero-order chi connectivity index (χ0) is 15.1. The second-order valence-corrected chi connectivity index (χ2v) is 5.83. The van der Waals surface area contributed by atoms with E-state index in [9.17, 15) is 0 Å². The molecule has 0 saturated heterocycles. The van der Waals surface area contributed by atoms with E-state index >= 15 is 0 Å². The van der Waals surface area contributed by atoms with E-state index in [2.05, 4.69) is 76.4 Å². The van der Waals surface area contributed by atoms with Crippen molar-refractivity contribution in [2.24, 2.45) is 0 Å². The normalized spacial score (nSPS) is 11.6. The number of anilines is 1. The van der Waals surface area contributed by atoms with Crippen LogP contribution in [0.1, 0.15) is 64.0 Å². The van der Waals surface area contributed by atoms with Crippen molar-refractivity contribution in [2.75, 3.05) is 11.4 Å². The highest BCUT2D eigenvalue weighted by atomic mass is 15.1. The van der Waals surface area contributed by atoms with Crippen molar-refractivity contribution in [1.82, 2.24) is 0 Å². The van der Waals surface area contributed by atoms with Gasteiger partial charge in [0.2, 0.25) is 0 Å². The van der Waals surface area contributed by atoms with Crippen molar-refractivity contribution in [2.45, 2.75) is 52.9 Å². The molecule has 0 amide bonds. The first-order chi connectivity index (χ1) is 9.52. The Morgan fingerprint density at radius 3 is 2.05 bits per heavy atom. The third-order valence-electron chi connectivity index (χ3n) is 3.62. The molecule has 1 rings (SSSR count). The van der Waals surface area contributed by atoms with E-state index in [-0.39, 0.29) is 0 Å². The molecule has 1 aromatic carbocycles. The molecule has 0 aromatic heterocycles. The molecular formula is C19H29N. The summed E-state index contributed by atoms with van der Waals surface area (Å²) < 4.78 is 0. The SMILES string of the molecule is C=CN(CCC=CC)c1c(C(C)C)cccc1C(C)C. The fraction of sp³-hybridized carbons (Fsp3) is 0.474. The number of para-hydroxylation sites is 1. The average molecular weight is 271 g/mol. The van der Waals surface area contributed by atoms with Gasteiger partial charge in [-0.3, -0.25) is 0 Å². The average Bonchev–Trinajstić information content (AvgIpc) is 2.43. The van der Waals surface area contributed by atoms with Crippen LogP contribution in [0.15, 0.2) is 43.1 Å². The molecule has 0 heterocycles. The maximum atomic E-state index is 4.02. The first-order valence-corrected chi connectivity index (χ1v) is 7.66. The number of allylic oxidation sites excluding steroid dienone is 1. The third kappa shape index (κ3) is 4.00. The Kier molecular flexibility index (Phi) is 6.57. The van der Waals surface area contributed by atoms with Gasteiger partial charge in [0.25, 0.3) is 0 Å². The van der Waals surface area contributed by atoms with E-state index in [0.29, 0.717) is 11.8 Å². The molecule has 0 aliphatic carbocycles. The van der Waals surface area contributed by atoms with Crippen LogP contribution in [0.25, 0.3) is 0 Å². The van der Waals surface area contributed by atoms with Crippen LogP contribution in [0, 0.1) is 0 Å². The lowest BCUT2D eigenvalue weighted by Gasteiger charge is -2.28. The van der Waals surface area contributed by atoms with Crippen LogP contribution >= 0.6 is 0 Å². The van der Waals surface area contributed by atoms with Crippen LogP contribution in [-0.4, -0.2) is 6.54 Å². The first kappa shape index (κ1) is 16.6. The molecule has 0 N–H and O–H groups in total. The quantitative estimate of drug-likeness (QED) is 0.562. The molecule has 0 radical (unpaired) electrons. The molecule has 1 heteroatoms. The summed E-state index contributed by atoms with van der Waals surface area (Å²) in [5.74, 6) is 1.04. The molecule has 0 aliphatic rings. The summed E-state index contributed by atoms with van der Waals surface area (Å²) in [4.78, 5) is 2.31. The summed E-state index contributed by atoms with van der Waals surface area (Å²) in [5, 5.41) is 0. The minimum atomic E-state index is 0.521. The van der Waals surface area contributed by atoms with Gasteiger partial charge in [-0.2, -0.15) is 0 Å². The molecule has 0 unspecified atom stereocenters. The Hall–Kier alpha value is -1.50. The van der Waals surface area contributed by atoms with Crippen molar-refractivity contribution in [1.29, 1.82) is 0 Å². The Balaban J connectivity index is 3.25. The number of benzene rings is 1. The Labute approximate surface area is 125 Å². The highest BCUT2D eigenvalue weighted by molar-refractivity contribution is 5.63. The maximum Gasteiger partial charge on any atom is 0.0476 e. The highest BCUT2D eigenvalue weighted by Crippen LogP contribution is 2.35. The molecule has 1 aromatic rings. The van der Waals surface area contributed by atoms with Crippen molar-refractivity contribution < 1.29 is 0 Å². The lowest BCUT2D eigenvalue weighted by molar-refractivity contribution is 0.809. The molecule has 1 nitrogen and oxygen atoms in total. The second-order valence-electron chi connectivity index (χ2n) is 5.83. The van der Waals surface area contributed by atoms with Crippen molar-refractivity contribution in [3.05, 3.63) is 54.3 Å². The number of rotatable bonds is 7. The number of hydrogen-bond acceptors (Lipinski definition) is 1. The summed E-state index contributed by atoms with van der Waals surface area (Å²) >= 11 is 0. The Morgan fingerprint density at radius 2 is 1.65 bits per heavy atom. The number of hydrogen-bond donors (Lipinski definition) is 0. The van der Waals surface area contributed by atoms with E-state index in [0.717, 1.165) is 13.0 Å². The summed E-state index contributed by atoms with van der Waals surface area (Å²) in [5.41, 5.74) is 4.19. The van der Waals surface area contributed by atoms with Gasteiger partial charge < -0.3 is 4.90 Å². The predicted molar refractivity (Wildman–Crippen MR) is 91.6 cm³/mol. The van der Waals surface area contributed by atoms with E-state index in [1.165, 1.54) is 16.8 Å². The van der Waals surface area contributed by atoms with Gasteiger partial charge in [0.15, 0.2) is 0 Å². The van der Waals surface area contributed by atoms with Gasteiger partial charge in [-0.05, 0) is 42.5 Å². The summed E-state index contributed by atoms with van der Waals surface area (Å²) in [7, 11) is 0. The van der Waals surface area contributed by atoms with Gasteiger partial charge in [0.05, 0.1) is 0 Å². The highest BCUT2D eigenvalue weighted by Gasteiger charge is 2.17. The molecular weight excluding hydrogens is 242 g/mol. The van der Waals surface area contributed by atoms with E-state index in [1.54, 1.807) is 0 Å². The molecule has 110 valence electrons. The van der Waals surface area contributed by atoms with Crippen LogP contribution in [-0.2, 0) is 0 Å². The largest absolute Gasteiger partial charge is 0.348 e. The zero-order valence-electron chi connectivity index (χ0n) is 13.7. The molecule has 0 fully saturated rings. The van der Waals surface area contributed by atoms with Crippen LogP contribution in [0.2, 0.25) is 0 Å². The Bertz CT molecular complexity index is 429. The summed E-state index contributed by atoms with van der Waals surface area (Å²) in [6.45, 7) is 16.1. The van der Waals surface area contributed by atoms with Gasteiger partial charge in [0, 0.05) is 12.2 Å². The monoisotopic (exact) mass is 271 g/mol. The minimum absolute atomic E-state index is 0.521. The first-order valence-electron chi connectivity index (χ1n) is 7.66. The molecule has 0 spiro atoms. The molecule has 0 bridgehead atoms. The van der Waals surface area contributed by atoms with E-state index in [1.807, 2.05) is 6.20 Å². The van der Waals surface area contributed by atoms with Crippen LogP contribution in [0.4, 0.5) is 5.69 Å². The van der Waals surface area contributed by atoms with Crippen molar-refractivity contribution >= 4 is 5.69 Å². The molecule has 0 saturated carbocycles. The van der Waals surface area contributed by atoms with Crippen LogP contribution < -0.4 is 4.90 Å². The lowest BCUT2D eigenvalue weighted by Crippen LogP contribution is -2.20. The maximum absolute atomic E-state index is 4.02. The van der Waals surface area contributed by atoms with Gasteiger partial charge >= 0.3 is 0 Å². The second kappa shape index (κ2) is 7.94. The predicted octanol–water partition coefficient (Wildman–Crippen LogP) is 5.85. The third-order valence-corrected chi connectivity index (χ3v) is 3.62. The Morgan fingerprint density at radius 1 is 1.10 bits per heavy atom. The van der Waals surface area contributed by atoms with Gasteiger partial charge in [0.1, 0.15) is 0 Å². The minimum Gasteiger partial charge on any atom is -0.348 e. The van der Waals surface area contributed by atoms with Crippen LogP contribution in [0.3, 0.4) is 0 Å². The lowest BCUT2D eigenvalue weighted by atomic mass is 9.92. The number of nitrogens with zero attached hydrogens (tertiary/aromatic N) is 1. The van der Waals surface area contributed by atoms with Gasteiger partial charge in [-0.15, -0.1) is 0 Å². The molecule has 0 atom stereocenters. The van der Waals surface area contributed by atoms with Crippen LogP contribution in [0.5, 0.6) is 0 Å². The van der Waals surface area contributed by atoms with Gasteiger partial charge in [-0.25, -0.2) is 0 Å². The van der Waals surface area contributed by atoms with Gasteiger partial charge in [-0.1, -0.05) is 64.6 Å². The van der Waals surface area contributed by atoms with Crippen molar-refractivity contribution in [3.63, 3.8) is 0 Å². The fourth-order valence-electron chi connectivity index (χ4n) is 2.52. The van der Waals surface area contributed by atoms with E-state index in [4.69, 9.17) is 0 Å². The molecule has 0 aliphatic heterocycles. The topological polar surface area (TPSA) is 3.24 Å². The summed E-state index contributed by atoms with van der Waals surface area (Å²) in [6, 6.07) is 6.68. The summed E-state index contributed by atoms with van der Waals surface area (Å²) in [6.07, 6.45) is 7.34. The van der Waals surface area contributed by atoms with E-state index < -0.39 is 0 Å². The smallest absolute Gasteiger partial charge is 0.0476 e. The standard InChI is InChI=1S/C19H29N/c1-7-9-10-14-20(8-2)19-17(15(3)4)12-11-13-18(19)16(5)6/h7-9,11-13,15-16H,2,10,14H2,1,3-6H3. The molecule has 20 heavy (non-hydrogen) atoms. The fourth-order valence-corrected chi connectivity index (χ4v) is 2.52.